The van der Waals surface area contributed by atoms with E-state index in [9.17, 15) is 14.0 Å². The minimum Gasteiger partial charge on any atom is -0.462 e. The number of amides is 1. The molecule has 1 aromatic carbocycles. The van der Waals surface area contributed by atoms with Gasteiger partial charge in [-0.25, -0.2) is 4.39 Å². The van der Waals surface area contributed by atoms with Gasteiger partial charge >= 0.3 is 5.97 Å². The Balaban J connectivity index is 1.70. The van der Waals surface area contributed by atoms with Crippen LogP contribution in [0.1, 0.15) is 46.0 Å². The van der Waals surface area contributed by atoms with E-state index in [1.165, 1.54) is 18.2 Å². The zero-order chi connectivity index (χ0) is 16.8. The monoisotopic (exact) mass is 321 g/mol. The van der Waals surface area contributed by atoms with Gasteiger partial charge in [-0.1, -0.05) is 19.9 Å². The summed E-state index contributed by atoms with van der Waals surface area (Å²) in [6.45, 7) is 4.40. The van der Waals surface area contributed by atoms with Crippen LogP contribution >= 0.6 is 0 Å². The minimum atomic E-state index is -0.414. The first kappa shape index (κ1) is 17.4. The second kappa shape index (κ2) is 8.09. The first-order chi connectivity index (χ1) is 10.9. The van der Waals surface area contributed by atoms with Gasteiger partial charge in [0.2, 0.25) is 5.91 Å². The third-order valence-corrected chi connectivity index (χ3v) is 4.51. The molecule has 0 saturated heterocycles. The first-order valence-electron chi connectivity index (χ1n) is 8.19. The zero-order valence-electron chi connectivity index (χ0n) is 13.7. The number of nitrogens with one attached hydrogen (secondary N) is 1. The molecule has 1 aliphatic rings. The van der Waals surface area contributed by atoms with Crippen LogP contribution in [-0.4, -0.2) is 18.0 Å². The highest BCUT2D eigenvalue weighted by atomic mass is 19.1. The summed E-state index contributed by atoms with van der Waals surface area (Å²) in [5.41, 5.74) is 0.387. The first-order valence-corrected chi connectivity index (χ1v) is 8.19. The molecular weight excluding hydrogens is 297 g/mol. The fourth-order valence-electron chi connectivity index (χ4n) is 2.86. The molecule has 23 heavy (non-hydrogen) atoms. The Hall–Kier alpha value is -1.91. The Labute approximate surface area is 136 Å². The van der Waals surface area contributed by atoms with E-state index in [0.29, 0.717) is 17.5 Å². The number of carbonyl (C=O) groups excluding carboxylic acids is 2. The fourth-order valence-corrected chi connectivity index (χ4v) is 2.86. The smallest absolute Gasteiger partial charge is 0.306 e. The van der Waals surface area contributed by atoms with Crippen molar-refractivity contribution in [2.24, 2.45) is 11.8 Å². The van der Waals surface area contributed by atoms with Crippen LogP contribution in [0, 0.1) is 17.7 Å². The van der Waals surface area contributed by atoms with Crippen molar-refractivity contribution in [3.05, 3.63) is 30.1 Å². The molecule has 0 heterocycles. The van der Waals surface area contributed by atoms with Crippen molar-refractivity contribution >= 4 is 17.6 Å². The molecule has 0 unspecified atom stereocenters. The van der Waals surface area contributed by atoms with E-state index >= 15 is 0 Å². The summed E-state index contributed by atoms with van der Waals surface area (Å²) in [7, 11) is 0. The van der Waals surface area contributed by atoms with Crippen LogP contribution in [-0.2, 0) is 14.3 Å². The van der Waals surface area contributed by atoms with Crippen molar-refractivity contribution in [1.82, 2.24) is 0 Å². The average molecular weight is 321 g/mol. The summed E-state index contributed by atoms with van der Waals surface area (Å²) in [5, 5.41) is 2.57. The van der Waals surface area contributed by atoms with Crippen molar-refractivity contribution in [3.63, 3.8) is 0 Å². The number of carbonyl (C=O) groups is 2. The van der Waals surface area contributed by atoms with Crippen molar-refractivity contribution in [2.75, 3.05) is 5.32 Å². The number of anilines is 1. The number of rotatable bonds is 5. The largest absolute Gasteiger partial charge is 0.462 e. The van der Waals surface area contributed by atoms with Gasteiger partial charge in [0, 0.05) is 12.1 Å². The van der Waals surface area contributed by atoms with Gasteiger partial charge in [0.05, 0.1) is 6.42 Å². The van der Waals surface area contributed by atoms with Gasteiger partial charge in [-0.05, 0) is 49.3 Å². The number of halogens is 1. The highest BCUT2D eigenvalue weighted by molar-refractivity contribution is 5.92. The Morgan fingerprint density at radius 1 is 1.22 bits per heavy atom. The number of hydrogen-bond acceptors (Lipinski definition) is 3. The van der Waals surface area contributed by atoms with Crippen LogP contribution in [0.15, 0.2) is 24.3 Å². The maximum absolute atomic E-state index is 13.0. The molecule has 5 heteroatoms. The van der Waals surface area contributed by atoms with Gasteiger partial charge in [0.1, 0.15) is 11.9 Å². The molecule has 0 aromatic heterocycles. The summed E-state index contributed by atoms with van der Waals surface area (Å²) >= 11 is 0. The third kappa shape index (κ3) is 5.66. The molecule has 126 valence electrons. The molecule has 1 aliphatic carbocycles. The highest BCUT2D eigenvalue weighted by Crippen LogP contribution is 2.31. The van der Waals surface area contributed by atoms with Crippen molar-refractivity contribution in [2.45, 2.75) is 52.1 Å². The van der Waals surface area contributed by atoms with Gasteiger partial charge in [-0.3, -0.25) is 9.59 Å². The number of benzene rings is 1. The fraction of sp³-hybridized carbons (Fsp3) is 0.556. The van der Waals surface area contributed by atoms with Crippen LogP contribution < -0.4 is 5.32 Å². The summed E-state index contributed by atoms with van der Waals surface area (Å²) in [6, 6.07) is 5.66. The second-order valence-electron chi connectivity index (χ2n) is 6.44. The Morgan fingerprint density at radius 2 is 2.00 bits per heavy atom. The van der Waals surface area contributed by atoms with E-state index in [4.69, 9.17) is 4.74 Å². The van der Waals surface area contributed by atoms with Crippen molar-refractivity contribution in [3.8, 4) is 0 Å². The predicted molar refractivity (Wildman–Crippen MR) is 86.3 cm³/mol. The molecule has 4 nitrogen and oxygen atoms in total. The lowest BCUT2D eigenvalue weighted by Gasteiger charge is -2.31. The summed E-state index contributed by atoms with van der Waals surface area (Å²) in [6.07, 6.45) is 2.91. The molecular formula is C18H24FNO3. The lowest BCUT2D eigenvalue weighted by molar-refractivity contribution is -0.152. The Kier molecular flexibility index (Phi) is 6.13. The predicted octanol–water partition coefficient (Wildman–Crippen LogP) is 3.91. The van der Waals surface area contributed by atoms with E-state index in [1.807, 2.05) is 0 Å². The highest BCUT2D eigenvalue weighted by Gasteiger charge is 2.27. The summed E-state index contributed by atoms with van der Waals surface area (Å²) in [4.78, 5) is 23.6. The summed E-state index contributed by atoms with van der Waals surface area (Å²) < 4.78 is 18.5. The number of esters is 1. The Morgan fingerprint density at radius 3 is 2.70 bits per heavy atom. The standard InChI is InChI=1S/C18H24FNO3/c1-12-6-7-16(10-13(12)2)23-18(22)9-8-17(21)20-15-5-3-4-14(19)11-15/h3-5,11-13,16H,6-10H2,1-2H3,(H,20,21)/t12-,13+,16+/m1/s1. The van der Waals surface area contributed by atoms with Gasteiger partial charge < -0.3 is 10.1 Å². The van der Waals surface area contributed by atoms with Crippen LogP contribution in [0.3, 0.4) is 0 Å². The van der Waals surface area contributed by atoms with Gasteiger partial charge in [-0.2, -0.15) is 0 Å². The van der Waals surface area contributed by atoms with E-state index in [-0.39, 0.29) is 30.8 Å². The minimum absolute atomic E-state index is 0.0278. The Bertz CT molecular complexity index is 561. The van der Waals surface area contributed by atoms with E-state index in [1.54, 1.807) is 6.07 Å². The lowest BCUT2D eigenvalue weighted by Crippen LogP contribution is -2.29. The number of ether oxygens (including phenoxy) is 1. The maximum atomic E-state index is 13.0. The SMILES string of the molecule is C[C@@H]1CC[C@H](OC(=O)CCC(=O)Nc2cccc(F)c2)C[C@@H]1C. The van der Waals surface area contributed by atoms with Crippen LogP contribution in [0.2, 0.25) is 0 Å². The maximum Gasteiger partial charge on any atom is 0.306 e. The molecule has 2 rings (SSSR count). The van der Waals surface area contributed by atoms with Gasteiger partial charge in [-0.15, -0.1) is 0 Å². The number of hydrogen-bond donors (Lipinski definition) is 1. The molecule has 1 N–H and O–H groups in total. The molecule has 0 bridgehead atoms. The lowest BCUT2D eigenvalue weighted by atomic mass is 9.80. The molecule has 0 spiro atoms. The third-order valence-electron chi connectivity index (χ3n) is 4.51. The van der Waals surface area contributed by atoms with Gasteiger partial charge in [0.15, 0.2) is 0 Å². The average Bonchev–Trinajstić information content (AvgIpc) is 2.49. The van der Waals surface area contributed by atoms with Crippen molar-refractivity contribution < 1.29 is 18.7 Å². The van der Waals surface area contributed by atoms with Crippen molar-refractivity contribution in [1.29, 1.82) is 0 Å². The molecule has 3 atom stereocenters. The second-order valence-corrected chi connectivity index (χ2v) is 6.44. The normalized spacial score (nSPS) is 24.0. The van der Waals surface area contributed by atoms with Gasteiger partial charge in [0.25, 0.3) is 0 Å². The molecule has 0 aliphatic heterocycles. The molecule has 1 saturated carbocycles. The zero-order valence-corrected chi connectivity index (χ0v) is 13.7. The van der Waals surface area contributed by atoms with Crippen LogP contribution in [0.5, 0.6) is 0 Å². The topological polar surface area (TPSA) is 55.4 Å². The summed E-state index contributed by atoms with van der Waals surface area (Å²) in [5.74, 6) is 0.145. The molecule has 1 amide bonds. The quantitative estimate of drug-likeness (QED) is 0.837. The van der Waals surface area contributed by atoms with E-state index in [0.717, 1.165) is 19.3 Å². The molecule has 0 radical (unpaired) electrons. The molecule has 1 fully saturated rings. The van der Waals surface area contributed by atoms with Crippen LogP contribution in [0.25, 0.3) is 0 Å². The molecule has 1 aromatic rings. The van der Waals surface area contributed by atoms with Crippen LogP contribution in [0.4, 0.5) is 10.1 Å². The van der Waals surface area contributed by atoms with E-state index in [2.05, 4.69) is 19.2 Å². The van der Waals surface area contributed by atoms with E-state index < -0.39 is 5.82 Å².